The van der Waals surface area contributed by atoms with Crippen LogP contribution in [0.15, 0.2) is 106 Å². The van der Waals surface area contributed by atoms with Gasteiger partial charge in [0, 0.05) is 74.7 Å². The standard InChI is InChI=1S/C31H33N3O6S2.Na/c1-32(2)26-14-9-23(10-15-26)31(25-13-18-29(33(3)4)30(20-25)42(38,39)40)24-11-16-27(17-12-24)34(5)21-22-7-6-8-28(19-22)41(35,36)37;/h6-20H,21H2,1-5H3,(H-,35,36,37,38,39,40);. The van der Waals surface area contributed by atoms with Crippen LogP contribution in [0.1, 0.15) is 16.7 Å². The molecule has 0 aromatic heterocycles. The molecule has 0 bridgehead atoms. The number of anilines is 2. The maximum atomic E-state index is 12.2. The van der Waals surface area contributed by atoms with E-state index in [4.69, 9.17) is 0 Å². The number of nitrogens with zero attached hydrogens (tertiary/aromatic N) is 3. The molecule has 3 aromatic rings. The third-order valence-electron chi connectivity index (χ3n) is 6.88. The molecule has 0 saturated carbocycles. The van der Waals surface area contributed by atoms with Gasteiger partial charge in [-0.1, -0.05) is 36.4 Å². The summed E-state index contributed by atoms with van der Waals surface area (Å²) in [5.74, 6) is 0. The van der Waals surface area contributed by atoms with E-state index in [1.165, 1.54) is 18.2 Å². The van der Waals surface area contributed by atoms with E-state index in [1.54, 1.807) is 43.0 Å². The Hall–Kier alpha value is -3.03. The molecule has 0 aliphatic heterocycles. The zero-order valence-electron chi connectivity index (χ0n) is 25.0. The van der Waals surface area contributed by atoms with Gasteiger partial charge in [-0.3, -0.25) is 4.55 Å². The summed E-state index contributed by atoms with van der Waals surface area (Å²) >= 11 is 0. The first kappa shape index (κ1) is 34.5. The van der Waals surface area contributed by atoms with Crippen LogP contribution in [0.25, 0.3) is 5.57 Å². The first-order chi connectivity index (χ1) is 19.6. The zero-order valence-corrected chi connectivity index (χ0v) is 28.6. The van der Waals surface area contributed by atoms with E-state index in [0.717, 1.165) is 28.1 Å². The van der Waals surface area contributed by atoms with Gasteiger partial charge in [0.15, 0.2) is 0 Å². The van der Waals surface area contributed by atoms with Gasteiger partial charge in [-0.2, -0.15) is 8.42 Å². The Balaban J connectivity index is 0.00000506. The van der Waals surface area contributed by atoms with Gasteiger partial charge in [0.05, 0.1) is 4.90 Å². The second-order valence-corrected chi connectivity index (χ2v) is 13.1. The number of benzene rings is 3. The molecule has 1 aliphatic carbocycles. The number of hydrogen-bond donors (Lipinski definition) is 1. The second-order valence-electron chi connectivity index (χ2n) is 10.4. The van der Waals surface area contributed by atoms with Gasteiger partial charge in [0.2, 0.25) is 5.71 Å². The monoisotopic (exact) mass is 630 g/mol. The molecule has 0 unspecified atom stereocenters. The summed E-state index contributed by atoms with van der Waals surface area (Å²) in [6.45, 7) is 0.391. The zero-order chi connectivity index (χ0) is 30.8. The summed E-state index contributed by atoms with van der Waals surface area (Å²) in [7, 11) is 0.0659. The topological polar surface area (TPSA) is 121 Å². The van der Waals surface area contributed by atoms with Gasteiger partial charge in [0.25, 0.3) is 10.1 Å². The van der Waals surface area contributed by atoms with Crippen LogP contribution >= 0.6 is 0 Å². The van der Waals surface area contributed by atoms with Crippen molar-refractivity contribution in [2.75, 3.05) is 45.0 Å². The fraction of sp³-hybridized carbons (Fsp3) is 0.194. The minimum absolute atomic E-state index is 0. The first-order valence-electron chi connectivity index (χ1n) is 13.0. The maximum absolute atomic E-state index is 12.2. The Morgan fingerprint density at radius 3 is 1.88 bits per heavy atom. The van der Waals surface area contributed by atoms with E-state index in [9.17, 15) is 25.9 Å². The van der Waals surface area contributed by atoms with Crippen molar-refractivity contribution in [1.82, 2.24) is 0 Å². The van der Waals surface area contributed by atoms with Crippen LogP contribution in [-0.2, 0) is 26.8 Å². The fourth-order valence-electron chi connectivity index (χ4n) is 4.72. The molecular weight excluding hydrogens is 597 g/mol. The van der Waals surface area contributed by atoms with Crippen LogP contribution in [0.5, 0.6) is 0 Å². The minimum atomic E-state index is -4.75. The van der Waals surface area contributed by atoms with Crippen molar-refractivity contribution in [3.05, 3.63) is 118 Å². The van der Waals surface area contributed by atoms with Crippen LogP contribution in [0, 0.1) is 0 Å². The molecule has 4 rings (SSSR count). The molecule has 1 aliphatic rings. The molecular formula is C31H33N3NaO6S2. The summed E-state index contributed by atoms with van der Waals surface area (Å²) < 4.78 is 70.7. The maximum Gasteiger partial charge on any atom is 0.294 e. The Labute approximate surface area is 276 Å². The van der Waals surface area contributed by atoms with Crippen LogP contribution in [0.2, 0.25) is 0 Å². The molecule has 221 valence electrons. The average Bonchev–Trinajstić information content (AvgIpc) is 2.93. The predicted molar refractivity (Wildman–Crippen MR) is 171 cm³/mol. The van der Waals surface area contributed by atoms with Crippen molar-refractivity contribution >= 4 is 72.5 Å². The molecule has 43 heavy (non-hydrogen) atoms. The molecule has 0 fully saturated rings. The third-order valence-corrected chi connectivity index (χ3v) is 8.60. The molecule has 9 nitrogen and oxygen atoms in total. The minimum Gasteiger partial charge on any atom is -0.744 e. The molecule has 0 spiro atoms. The van der Waals surface area contributed by atoms with Crippen LogP contribution < -0.4 is 9.80 Å². The Morgan fingerprint density at radius 1 is 0.837 bits per heavy atom. The van der Waals surface area contributed by atoms with E-state index in [-0.39, 0.29) is 39.4 Å². The quantitative estimate of drug-likeness (QED) is 0.227. The normalized spacial score (nSPS) is 14.5. The first-order valence-corrected chi connectivity index (χ1v) is 15.8. The summed E-state index contributed by atoms with van der Waals surface area (Å²) in [5.41, 5.74) is 5.85. The summed E-state index contributed by atoms with van der Waals surface area (Å²) in [4.78, 5) is 3.46. The van der Waals surface area contributed by atoms with Crippen molar-refractivity contribution in [3.63, 3.8) is 0 Å². The van der Waals surface area contributed by atoms with E-state index in [1.807, 2.05) is 79.5 Å². The van der Waals surface area contributed by atoms with E-state index >= 15 is 0 Å². The fourth-order valence-corrected chi connectivity index (χ4v) is 6.05. The molecule has 1 N–H and O–H groups in total. The van der Waals surface area contributed by atoms with Gasteiger partial charge in [-0.05, 0) is 76.4 Å². The van der Waals surface area contributed by atoms with Gasteiger partial charge in [-0.15, -0.1) is 0 Å². The molecule has 1 radical (unpaired) electrons. The van der Waals surface area contributed by atoms with Crippen molar-refractivity contribution in [3.8, 4) is 0 Å². The molecule has 0 atom stereocenters. The summed E-state index contributed by atoms with van der Waals surface area (Å²) in [5, 5.41) is 0. The number of hydrogen-bond acceptors (Lipinski definition) is 7. The van der Waals surface area contributed by atoms with Crippen molar-refractivity contribution in [1.29, 1.82) is 0 Å². The van der Waals surface area contributed by atoms with Gasteiger partial charge < -0.3 is 14.4 Å². The molecule has 0 heterocycles. The Kier molecular flexibility index (Phi) is 11.0. The second kappa shape index (κ2) is 13.7. The number of rotatable bonds is 8. The Bertz CT molecular complexity index is 1840. The molecule has 0 amide bonds. The summed E-state index contributed by atoms with van der Waals surface area (Å²) in [6, 6.07) is 21.6. The van der Waals surface area contributed by atoms with E-state index in [0.29, 0.717) is 23.4 Å². The Morgan fingerprint density at radius 2 is 1.40 bits per heavy atom. The number of allylic oxidation sites excluding steroid dienone is 5. The van der Waals surface area contributed by atoms with Gasteiger partial charge in [-0.25, -0.2) is 13.0 Å². The largest absolute Gasteiger partial charge is 0.744 e. The molecule has 12 heteroatoms. The van der Waals surface area contributed by atoms with E-state index < -0.39 is 20.2 Å². The van der Waals surface area contributed by atoms with Crippen LogP contribution in [-0.4, -0.2) is 101 Å². The van der Waals surface area contributed by atoms with E-state index in [2.05, 4.69) is 0 Å². The van der Waals surface area contributed by atoms with Crippen molar-refractivity contribution < 1.29 is 30.5 Å². The van der Waals surface area contributed by atoms with Gasteiger partial charge >= 0.3 is 0 Å². The van der Waals surface area contributed by atoms with Crippen LogP contribution in [0.4, 0.5) is 11.4 Å². The third kappa shape index (κ3) is 8.33. The molecule has 0 saturated heterocycles. The average molecular weight is 631 g/mol. The van der Waals surface area contributed by atoms with Crippen molar-refractivity contribution in [2.24, 2.45) is 0 Å². The molecule has 3 aromatic carbocycles. The van der Waals surface area contributed by atoms with Crippen LogP contribution in [0.3, 0.4) is 0 Å². The smallest absolute Gasteiger partial charge is 0.294 e. The SMILES string of the molecule is CN(C)c1ccc(/C(=C2\C=CC(=[N+](C)C)C(S(=O)(=O)[O-])=C2)c2ccc(N(C)Cc3cccc(S(=O)(=O)O)c3)cc2)cc1.[Na]. The summed E-state index contributed by atoms with van der Waals surface area (Å²) in [6.07, 6.45) is 4.87. The van der Waals surface area contributed by atoms with Crippen molar-refractivity contribution in [2.45, 2.75) is 11.4 Å². The van der Waals surface area contributed by atoms with Gasteiger partial charge in [0.1, 0.15) is 29.1 Å². The predicted octanol–water partition coefficient (Wildman–Crippen LogP) is 3.77.